The van der Waals surface area contributed by atoms with Gasteiger partial charge in [0.05, 0.1) is 24.6 Å². The molecule has 1 aromatic carbocycles. The second-order valence-electron chi connectivity index (χ2n) is 10.5. The summed E-state index contributed by atoms with van der Waals surface area (Å²) in [4.78, 5) is 29.7. The van der Waals surface area contributed by atoms with Gasteiger partial charge < -0.3 is 35.5 Å². The van der Waals surface area contributed by atoms with E-state index in [1.54, 1.807) is 62.4 Å². The first-order valence-electron chi connectivity index (χ1n) is 13.3. The van der Waals surface area contributed by atoms with Gasteiger partial charge in [-0.3, -0.25) is 9.59 Å². The standard InChI is InChI=1S/C28H45N5O5.2ClH/c1-20(2)21(16-23(29)24(34)18-32-27(36)28(3,4)33-13-12-30-19-33)17-31-26(35)22-10-6-7-11-25(22)38-15-9-8-14-37-5;;/h6-7,10-13,19-21,23-24,34H,8-9,14-18,29H2,1-5H3,(H,31,35)(H,32,36);2*1H. The number of nitrogens with one attached hydrogen (secondary N) is 2. The molecule has 5 N–H and O–H groups in total. The Kier molecular flexibility index (Phi) is 17.8. The highest BCUT2D eigenvalue weighted by Crippen LogP contribution is 2.21. The van der Waals surface area contributed by atoms with Gasteiger partial charge in [-0.05, 0) is 57.1 Å². The number of hydrogen-bond acceptors (Lipinski definition) is 7. The van der Waals surface area contributed by atoms with Gasteiger partial charge in [0.15, 0.2) is 0 Å². The third-order valence-corrected chi connectivity index (χ3v) is 6.85. The molecule has 3 atom stereocenters. The molecule has 0 spiro atoms. The summed E-state index contributed by atoms with van der Waals surface area (Å²) in [5, 5.41) is 16.5. The number of aliphatic hydroxyl groups excluding tert-OH is 1. The maximum atomic E-state index is 13.0. The number of carbonyl (C=O) groups is 2. The summed E-state index contributed by atoms with van der Waals surface area (Å²) >= 11 is 0. The highest BCUT2D eigenvalue weighted by molar-refractivity contribution is 5.96. The summed E-state index contributed by atoms with van der Waals surface area (Å²) in [6, 6.07) is 6.61. The quantitative estimate of drug-likeness (QED) is 0.203. The number of unbranched alkanes of at least 4 members (excludes halogenated alkanes) is 1. The van der Waals surface area contributed by atoms with Crippen molar-refractivity contribution >= 4 is 36.6 Å². The van der Waals surface area contributed by atoms with E-state index in [0.29, 0.717) is 37.5 Å². The number of ether oxygens (including phenoxy) is 2. The molecule has 10 nitrogen and oxygen atoms in total. The Balaban J connectivity index is 0.00000760. The van der Waals surface area contributed by atoms with Crippen molar-refractivity contribution in [2.45, 2.75) is 64.6 Å². The minimum atomic E-state index is -0.929. The molecule has 0 aliphatic heterocycles. The molecule has 228 valence electrons. The highest BCUT2D eigenvalue weighted by atomic mass is 35.5. The molecule has 2 rings (SSSR count). The number of halogens is 2. The van der Waals surface area contributed by atoms with Crippen LogP contribution >= 0.6 is 24.8 Å². The highest BCUT2D eigenvalue weighted by Gasteiger charge is 2.30. The van der Waals surface area contributed by atoms with Crippen LogP contribution in [-0.4, -0.2) is 72.0 Å². The first kappa shape index (κ1) is 37.6. The zero-order chi connectivity index (χ0) is 28.1. The summed E-state index contributed by atoms with van der Waals surface area (Å²) in [5.41, 5.74) is 5.95. The Morgan fingerprint density at radius 2 is 1.77 bits per heavy atom. The van der Waals surface area contributed by atoms with Gasteiger partial charge in [-0.25, -0.2) is 4.98 Å². The van der Waals surface area contributed by atoms with Crippen molar-refractivity contribution in [3.63, 3.8) is 0 Å². The van der Waals surface area contributed by atoms with Crippen molar-refractivity contribution in [3.8, 4) is 5.75 Å². The van der Waals surface area contributed by atoms with Gasteiger partial charge >= 0.3 is 0 Å². The number of benzene rings is 1. The van der Waals surface area contributed by atoms with Gasteiger partial charge in [-0.1, -0.05) is 26.0 Å². The Bertz CT molecular complexity index is 991. The van der Waals surface area contributed by atoms with Crippen LogP contribution in [0.25, 0.3) is 0 Å². The SMILES string of the molecule is COCCCCOc1ccccc1C(=O)NCC(CC(N)C(O)CNC(=O)C(C)(C)n1ccnc1)C(C)C.Cl.Cl. The number of carbonyl (C=O) groups excluding carboxylic acids is 2. The zero-order valence-electron chi connectivity index (χ0n) is 24.2. The Morgan fingerprint density at radius 1 is 1.10 bits per heavy atom. The fourth-order valence-corrected chi connectivity index (χ4v) is 4.00. The van der Waals surface area contributed by atoms with E-state index in [1.807, 2.05) is 6.07 Å². The largest absolute Gasteiger partial charge is 0.493 e. The van der Waals surface area contributed by atoms with Crippen molar-refractivity contribution in [2.75, 3.05) is 33.4 Å². The van der Waals surface area contributed by atoms with Gasteiger partial charge in [-0.2, -0.15) is 0 Å². The summed E-state index contributed by atoms with van der Waals surface area (Å²) in [6.45, 7) is 9.28. The van der Waals surface area contributed by atoms with E-state index in [1.165, 1.54) is 0 Å². The number of para-hydroxylation sites is 1. The average molecular weight is 605 g/mol. The summed E-state index contributed by atoms with van der Waals surface area (Å²) in [5.74, 6) is 0.338. The number of methoxy groups -OCH3 is 1. The number of amides is 2. The number of rotatable bonds is 17. The molecule has 1 heterocycles. The van der Waals surface area contributed by atoms with Crippen molar-refractivity contribution < 1.29 is 24.2 Å². The Labute approximate surface area is 250 Å². The van der Waals surface area contributed by atoms with Gasteiger partial charge in [-0.15, -0.1) is 24.8 Å². The maximum absolute atomic E-state index is 13.0. The normalized spacial score (nSPS) is 13.4. The van der Waals surface area contributed by atoms with Crippen molar-refractivity contribution in [1.29, 1.82) is 0 Å². The lowest BCUT2D eigenvalue weighted by Gasteiger charge is -2.29. The van der Waals surface area contributed by atoms with Crippen LogP contribution in [0.15, 0.2) is 43.0 Å². The van der Waals surface area contributed by atoms with E-state index in [-0.39, 0.29) is 55.0 Å². The number of aromatic nitrogens is 2. The molecule has 0 aliphatic carbocycles. The number of imidazole rings is 1. The van der Waals surface area contributed by atoms with Gasteiger partial charge in [0.2, 0.25) is 5.91 Å². The number of nitrogens with two attached hydrogens (primary N) is 1. The van der Waals surface area contributed by atoms with Gasteiger partial charge in [0.25, 0.3) is 5.91 Å². The summed E-state index contributed by atoms with van der Waals surface area (Å²) in [7, 11) is 1.67. The minimum Gasteiger partial charge on any atom is -0.493 e. The minimum absolute atomic E-state index is 0. The first-order valence-corrected chi connectivity index (χ1v) is 13.3. The predicted molar refractivity (Wildman–Crippen MR) is 161 cm³/mol. The van der Waals surface area contributed by atoms with E-state index in [0.717, 1.165) is 12.8 Å². The van der Waals surface area contributed by atoms with Crippen LogP contribution in [0.4, 0.5) is 0 Å². The lowest BCUT2D eigenvalue weighted by molar-refractivity contribution is -0.128. The van der Waals surface area contributed by atoms with Gasteiger partial charge in [0, 0.05) is 45.2 Å². The molecule has 0 saturated heterocycles. The Hall–Kier alpha value is -2.37. The van der Waals surface area contributed by atoms with E-state index in [9.17, 15) is 14.7 Å². The zero-order valence-corrected chi connectivity index (χ0v) is 25.8. The lowest BCUT2D eigenvalue weighted by Crippen LogP contribution is -2.50. The maximum Gasteiger partial charge on any atom is 0.255 e. The van der Waals surface area contributed by atoms with Gasteiger partial charge in [0.1, 0.15) is 11.3 Å². The molecule has 12 heteroatoms. The molecule has 2 aromatic rings. The topological polar surface area (TPSA) is 141 Å². The summed E-state index contributed by atoms with van der Waals surface area (Å²) in [6.07, 6.45) is 6.19. The number of nitrogens with zero attached hydrogens (tertiary/aromatic N) is 2. The third kappa shape index (κ3) is 11.6. The van der Waals surface area contributed by atoms with Crippen molar-refractivity contribution in [1.82, 2.24) is 20.2 Å². The monoisotopic (exact) mass is 603 g/mol. The molecular weight excluding hydrogens is 557 g/mol. The smallest absolute Gasteiger partial charge is 0.255 e. The fourth-order valence-electron chi connectivity index (χ4n) is 4.00. The molecule has 0 bridgehead atoms. The summed E-state index contributed by atoms with van der Waals surface area (Å²) < 4.78 is 12.6. The molecule has 0 saturated carbocycles. The molecule has 2 amide bonds. The molecule has 0 fully saturated rings. The van der Waals surface area contributed by atoms with E-state index < -0.39 is 17.7 Å². The molecular formula is C28H47Cl2N5O5. The van der Waals surface area contributed by atoms with Crippen molar-refractivity contribution in [3.05, 3.63) is 48.5 Å². The van der Waals surface area contributed by atoms with Crippen LogP contribution in [0.2, 0.25) is 0 Å². The lowest BCUT2D eigenvalue weighted by atomic mass is 9.87. The molecule has 1 aromatic heterocycles. The van der Waals surface area contributed by atoms with Crippen LogP contribution < -0.4 is 21.1 Å². The van der Waals surface area contributed by atoms with E-state index >= 15 is 0 Å². The van der Waals surface area contributed by atoms with E-state index in [2.05, 4.69) is 29.5 Å². The van der Waals surface area contributed by atoms with Crippen LogP contribution in [0.1, 0.15) is 57.3 Å². The predicted octanol–water partition coefficient (Wildman–Crippen LogP) is 3.16. The Morgan fingerprint density at radius 3 is 2.40 bits per heavy atom. The molecule has 40 heavy (non-hydrogen) atoms. The van der Waals surface area contributed by atoms with Crippen LogP contribution in [-0.2, 0) is 15.1 Å². The second-order valence-corrected chi connectivity index (χ2v) is 10.5. The van der Waals surface area contributed by atoms with Crippen LogP contribution in [0.5, 0.6) is 5.75 Å². The first-order chi connectivity index (χ1) is 18.1. The van der Waals surface area contributed by atoms with Crippen molar-refractivity contribution in [2.24, 2.45) is 17.6 Å². The van der Waals surface area contributed by atoms with Crippen LogP contribution in [0.3, 0.4) is 0 Å². The fraction of sp³-hybridized carbons (Fsp3) is 0.607. The molecule has 3 unspecified atom stereocenters. The number of aliphatic hydroxyl groups is 1. The second kappa shape index (κ2) is 18.9. The molecule has 0 radical (unpaired) electrons. The third-order valence-electron chi connectivity index (χ3n) is 6.85. The van der Waals surface area contributed by atoms with E-state index in [4.69, 9.17) is 15.2 Å². The molecule has 0 aliphatic rings. The number of hydrogen-bond donors (Lipinski definition) is 4. The average Bonchev–Trinajstić information content (AvgIpc) is 3.45. The van der Waals surface area contributed by atoms with Crippen LogP contribution in [0, 0.1) is 11.8 Å².